The van der Waals surface area contributed by atoms with E-state index in [1.165, 1.54) is 12.1 Å². The van der Waals surface area contributed by atoms with Gasteiger partial charge in [-0.15, -0.1) is 0 Å². The molecular weight excluding hydrogens is 309 g/mol. The van der Waals surface area contributed by atoms with Crippen molar-refractivity contribution in [1.82, 2.24) is 0 Å². The minimum absolute atomic E-state index is 0.0610. The molecule has 1 fully saturated rings. The van der Waals surface area contributed by atoms with Crippen LogP contribution in [-0.4, -0.2) is 31.0 Å². The van der Waals surface area contributed by atoms with E-state index < -0.39 is 45.1 Å². The molecule has 1 N–H and O–H groups in total. The Bertz CT molecular complexity index is 652. The lowest BCUT2D eigenvalue weighted by molar-refractivity contribution is -0.142. The fourth-order valence-electron chi connectivity index (χ4n) is 2.70. The Morgan fingerprint density at radius 2 is 1.90 bits per heavy atom. The van der Waals surface area contributed by atoms with Crippen molar-refractivity contribution in [2.45, 2.75) is 18.5 Å². The Kier molecular flexibility index (Phi) is 4.01. The van der Waals surface area contributed by atoms with Gasteiger partial charge in [0.05, 0.1) is 23.0 Å². The van der Waals surface area contributed by atoms with E-state index in [-0.39, 0.29) is 17.7 Å². The summed E-state index contributed by atoms with van der Waals surface area (Å²) >= 11 is 0. The third-order valence-electron chi connectivity index (χ3n) is 3.61. The number of rotatable bonds is 3. The molecule has 0 radical (unpaired) electrons. The highest BCUT2D eigenvalue weighted by Crippen LogP contribution is 2.40. The van der Waals surface area contributed by atoms with E-state index in [0.717, 1.165) is 12.1 Å². The monoisotopic (exact) mass is 322 g/mol. The summed E-state index contributed by atoms with van der Waals surface area (Å²) in [5, 5.41) is 9.29. The molecule has 0 bridgehead atoms. The van der Waals surface area contributed by atoms with E-state index >= 15 is 0 Å². The van der Waals surface area contributed by atoms with Crippen LogP contribution >= 0.6 is 0 Å². The summed E-state index contributed by atoms with van der Waals surface area (Å²) in [5.74, 6) is -4.32. The summed E-state index contributed by atoms with van der Waals surface area (Å²) in [5.41, 5.74) is -1.40. The van der Waals surface area contributed by atoms with Crippen LogP contribution in [0, 0.1) is 5.92 Å². The standard InChI is InChI=1S/C13H13F3O4S/c14-13(15,16)10-4-2-1-3-9(10)11(12(17)18)8-5-6-21(19,20)7-8/h1-4,8,11H,5-7H2,(H,17,18). The Morgan fingerprint density at radius 3 is 2.38 bits per heavy atom. The fraction of sp³-hybridized carbons (Fsp3) is 0.462. The highest BCUT2D eigenvalue weighted by molar-refractivity contribution is 7.91. The molecule has 1 heterocycles. The van der Waals surface area contributed by atoms with E-state index in [1.54, 1.807) is 0 Å². The van der Waals surface area contributed by atoms with Crippen LogP contribution in [-0.2, 0) is 20.8 Å². The molecule has 0 amide bonds. The summed E-state index contributed by atoms with van der Waals surface area (Å²) < 4.78 is 61.9. The maximum absolute atomic E-state index is 13.0. The van der Waals surface area contributed by atoms with Gasteiger partial charge < -0.3 is 5.11 Å². The van der Waals surface area contributed by atoms with Gasteiger partial charge in [0.15, 0.2) is 9.84 Å². The van der Waals surface area contributed by atoms with Crippen LogP contribution in [0.4, 0.5) is 13.2 Å². The van der Waals surface area contributed by atoms with Gasteiger partial charge in [-0.2, -0.15) is 13.2 Å². The first kappa shape index (κ1) is 15.8. The number of alkyl halides is 3. The van der Waals surface area contributed by atoms with Crippen molar-refractivity contribution in [2.24, 2.45) is 5.92 Å². The molecule has 4 nitrogen and oxygen atoms in total. The fourth-order valence-corrected chi connectivity index (χ4v) is 4.54. The smallest absolute Gasteiger partial charge is 0.416 e. The van der Waals surface area contributed by atoms with E-state index in [4.69, 9.17) is 0 Å². The first-order valence-electron chi connectivity index (χ1n) is 6.21. The number of carboxylic acids is 1. The summed E-state index contributed by atoms with van der Waals surface area (Å²) in [6.07, 6.45) is -4.62. The minimum atomic E-state index is -4.68. The normalized spacial score (nSPS) is 22.9. The van der Waals surface area contributed by atoms with Crippen LogP contribution in [0.3, 0.4) is 0 Å². The molecule has 0 spiro atoms. The zero-order valence-corrected chi connectivity index (χ0v) is 11.6. The lowest BCUT2D eigenvalue weighted by atomic mass is 9.83. The molecule has 116 valence electrons. The number of hydrogen-bond acceptors (Lipinski definition) is 3. The molecule has 1 saturated heterocycles. The van der Waals surface area contributed by atoms with Gasteiger partial charge in [0.2, 0.25) is 0 Å². The van der Waals surface area contributed by atoms with E-state index in [2.05, 4.69) is 0 Å². The second-order valence-electron chi connectivity index (χ2n) is 5.06. The van der Waals surface area contributed by atoms with Crippen LogP contribution in [0.1, 0.15) is 23.5 Å². The van der Waals surface area contributed by atoms with Gasteiger partial charge in [0.25, 0.3) is 0 Å². The van der Waals surface area contributed by atoms with Crippen LogP contribution in [0.2, 0.25) is 0 Å². The molecule has 2 unspecified atom stereocenters. The van der Waals surface area contributed by atoms with Crippen molar-refractivity contribution in [3.05, 3.63) is 35.4 Å². The summed E-state index contributed by atoms with van der Waals surface area (Å²) in [7, 11) is -3.37. The van der Waals surface area contributed by atoms with Gasteiger partial charge in [-0.25, -0.2) is 8.42 Å². The molecule has 2 atom stereocenters. The highest BCUT2D eigenvalue weighted by Gasteiger charge is 2.43. The highest BCUT2D eigenvalue weighted by atomic mass is 32.2. The van der Waals surface area contributed by atoms with Crippen LogP contribution in [0.25, 0.3) is 0 Å². The average Bonchev–Trinajstić information content (AvgIpc) is 2.68. The summed E-state index contributed by atoms with van der Waals surface area (Å²) in [4.78, 5) is 11.4. The number of halogens is 3. The van der Waals surface area contributed by atoms with Crippen molar-refractivity contribution < 1.29 is 31.5 Å². The maximum atomic E-state index is 13.0. The molecule has 8 heteroatoms. The number of carboxylic acid groups (broad SMARTS) is 1. The summed E-state index contributed by atoms with van der Waals surface area (Å²) in [6, 6.07) is 4.42. The number of sulfone groups is 1. The Morgan fingerprint density at radius 1 is 1.29 bits per heavy atom. The van der Waals surface area contributed by atoms with E-state index in [9.17, 15) is 31.5 Å². The van der Waals surface area contributed by atoms with Crippen molar-refractivity contribution in [3.8, 4) is 0 Å². The Balaban J connectivity index is 2.48. The zero-order chi connectivity index (χ0) is 15.8. The number of aliphatic carboxylic acids is 1. The van der Waals surface area contributed by atoms with Gasteiger partial charge in [-0.1, -0.05) is 18.2 Å². The molecule has 21 heavy (non-hydrogen) atoms. The van der Waals surface area contributed by atoms with Crippen LogP contribution in [0.15, 0.2) is 24.3 Å². The second kappa shape index (κ2) is 5.32. The topological polar surface area (TPSA) is 71.4 Å². The minimum Gasteiger partial charge on any atom is -0.481 e. The van der Waals surface area contributed by atoms with Crippen molar-refractivity contribution in [3.63, 3.8) is 0 Å². The molecule has 1 aromatic rings. The molecule has 0 aliphatic carbocycles. The molecular formula is C13H13F3O4S. The van der Waals surface area contributed by atoms with Crippen LogP contribution in [0.5, 0.6) is 0 Å². The van der Waals surface area contributed by atoms with Gasteiger partial charge in [-0.05, 0) is 24.0 Å². The van der Waals surface area contributed by atoms with Crippen molar-refractivity contribution >= 4 is 15.8 Å². The third-order valence-corrected chi connectivity index (χ3v) is 5.40. The van der Waals surface area contributed by atoms with E-state index in [0.29, 0.717) is 0 Å². The first-order chi connectivity index (χ1) is 9.62. The predicted molar refractivity (Wildman–Crippen MR) is 68.6 cm³/mol. The average molecular weight is 322 g/mol. The number of hydrogen-bond donors (Lipinski definition) is 1. The summed E-state index contributed by atoms with van der Waals surface area (Å²) in [6.45, 7) is 0. The Hall–Kier alpha value is -1.57. The molecule has 1 aliphatic rings. The Labute approximate surface area is 119 Å². The predicted octanol–water partition coefficient (Wildman–Crippen LogP) is 2.31. The third kappa shape index (κ3) is 3.37. The lowest BCUT2D eigenvalue weighted by Crippen LogP contribution is -2.25. The van der Waals surface area contributed by atoms with Gasteiger partial charge in [-0.3, -0.25) is 4.79 Å². The molecule has 1 aliphatic heterocycles. The van der Waals surface area contributed by atoms with Gasteiger partial charge >= 0.3 is 12.1 Å². The molecule has 0 saturated carbocycles. The van der Waals surface area contributed by atoms with Gasteiger partial charge in [0.1, 0.15) is 0 Å². The van der Waals surface area contributed by atoms with Gasteiger partial charge in [0, 0.05) is 0 Å². The quantitative estimate of drug-likeness (QED) is 0.927. The molecule has 1 aromatic carbocycles. The lowest BCUT2D eigenvalue weighted by Gasteiger charge is -2.22. The largest absolute Gasteiger partial charge is 0.481 e. The number of benzene rings is 1. The van der Waals surface area contributed by atoms with Crippen LogP contribution < -0.4 is 0 Å². The zero-order valence-electron chi connectivity index (χ0n) is 10.8. The maximum Gasteiger partial charge on any atom is 0.416 e. The van der Waals surface area contributed by atoms with Crippen molar-refractivity contribution in [2.75, 3.05) is 11.5 Å². The van der Waals surface area contributed by atoms with E-state index in [1.807, 2.05) is 0 Å². The first-order valence-corrected chi connectivity index (χ1v) is 8.03. The SMILES string of the molecule is O=C(O)C(c1ccccc1C(F)(F)F)C1CCS(=O)(=O)C1. The van der Waals surface area contributed by atoms with Crippen molar-refractivity contribution in [1.29, 1.82) is 0 Å². The number of carbonyl (C=O) groups is 1. The molecule has 2 rings (SSSR count). The molecule has 0 aromatic heterocycles. The second-order valence-corrected chi connectivity index (χ2v) is 7.29.